The maximum absolute atomic E-state index is 9.39. The van der Waals surface area contributed by atoms with Crippen molar-refractivity contribution >= 4 is 0 Å². The Labute approximate surface area is 272 Å². The minimum atomic E-state index is -0.0848. The van der Waals surface area contributed by atoms with E-state index in [1.54, 1.807) is 6.08 Å². The Morgan fingerprint density at radius 1 is 0.978 bits per heavy atom. The van der Waals surface area contributed by atoms with Gasteiger partial charge < -0.3 is 20.1 Å². The van der Waals surface area contributed by atoms with E-state index in [9.17, 15) is 15.3 Å². The first-order chi connectivity index (χ1) is 21.9. The first-order valence-corrected chi connectivity index (χ1v) is 16.9. The van der Waals surface area contributed by atoms with E-state index in [1.807, 2.05) is 6.08 Å². The number of aliphatic hydroxyl groups is 3. The minimum absolute atomic E-state index is 0.0389. The Morgan fingerprint density at radius 2 is 1.69 bits per heavy atom. The smallest absolute Gasteiger partial charge is 0.123 e. The molecule has 0 spiro atoms. The third-order valence-electron chi connectivity index (χ3n) is 8.92. The SMILES string of the molecule is C=C(CO)CC\C=C(C#CC1=CCC(c2ccc(C3CCC(CCCCC)CC3)cc2)C=C1)/C=C(\C=C\O)OCCC(=C)CO. The summed E-state index contributed by atoms with van der Waals surface area (Å²) in [4.78, 5) is 0. The van der Waals surface area contributed by atoms with Gasteiger partial charge in [-0.15, -0.1) is 0 Å². The summed E-state index contributed by atoms with van der Waals surface area (Å²) in [5.41, 5.74) is 6.01. The molecular formula is C41H54O4. The first-order valence-electron chi connectivity index (χ1n) is 16.9. The van der Waals surface area contributed by atoms with Gasteiger partial charge in [-0.1, -0.05) is 112 Å². The maximum atomic E-state index is 9.39. The number of hydrogen-bond acceptors (Lipinski definition) is 4. The lowest BCUT2D eigenvalue weighted by Crippen LogP contribution is -2.13. The average molecular weight is 611 g/mol. The molecule has 4 nitrogen and oxygen atoms in total. The van der Waals surface area contributed by atoms with Crippen molar-refractivity contribution in [3.05, 3.63) is 119 Å². The van der Waals surface area contributed by atoms with Gasteiger partial charge in [0.05, 0.1) is 26.1 Å². The van der Waals surface area contributed by atoms with Gasteiger partial charge in [-0.3, -0.25) is 0 Å². The predicted octanol–water partition coefficient (Wildman–Crippen LogP) is 9.68. The zero-order chi connectivity index (χ0) is 32.3. The highest BCUT2D eigenvalue weighted by Gasteiger charge is 2.22. The molecular weight excluding hydrogens is 556 g/mol. The summed E-state index contributed by atoms with van der Waals surface area (Å²) in [5.74, 6) is 9.02. The second-order valence-electron chi connectivity index (χ2n) is 12.5. The lowest BCUT2D eigenvalue weighted by atomic mass is 9.76. The molecule has 0 aliphatic heterocycles. The van der Waals surface area contributed by atoms with E-state index in [0.717, 1.165) is 35.3 Å². The highest BCUT2D eigenvalue weighted by atomic mass is 16.5. The van der Waals surface area contributed by atoms with Crippen LogP contribution in [0.5, 0.6) is 0 Å². The number of hydrogen-bond donors (Lipinski definition) is 3. The second kappa shape index (κ2) is 20.5. The fraction of sp³-hybridized carbons (Fsp3) is 0.463. The Morgan fingerprint density at radius 3 is 2.33 bits per heavy atom. The molecule has 1 aromatic rings. The molecule has 0 radical (unpaired) electrons. The molecule has 1 saturated carbocycles. The van der Waals surface area contributed by atoms with E-state index in [0.29, 0.717) is 49.0 Å². The van der Waals surface area contributed by atoms with E-state index in [2.05, 4.69) is 74.4 Å². The molecule has 1 fully saturated rings. The van der Waals surface area contributed by atoms with Gasteiger partial charge in [-0.2, -0.15) is 0 Å². The molecule has 0 aromatic heterocycles. The van der Waals surface area contributed by atoms with Crippen LogP contribution in [0, 0.1) is 17.8 Å². The monoisotopic (exact) mass is 610 g/mol. The summed E-state index contributed by atoms with van der Waals surface area (Å²) in [5, 5.41) is 27.9. The van der Waals surface area contributed by atoms with Crippen LogP contribution in [-0.2, 0) is 4.74 Å². The summed E-state index contributed by atoms with van der Waals surface area (Å²) in [6, 6.07) is 9.36. The van der Waals surface area contributed by atoms with Gasteiger partial charge >= 0.3 is 0 Å². The molecule has 1 aromatic carbocycles. The number of aliphatic hydroxyl groups excluding tert-OH is 3. The largest absolute Gasteiger partial charge is 0.515 e. The molecule has 1 unspecified atom stereocenters. The van der Waals surface area contributed by atoms with Crippen LogP contribution in [0.1, 0.15) is 107 Å². The standard InChI is InChI=1S/C41H54O4/c1-4-5-6-9-34-13-17-37(18-14-34)39-21-23-40(24-22-39)38-19-15-35(16-20-38)11-12-36(10-7-8-32(2)30-43)29-41(25-27-42)45-28-26-33(3)31-44/h10,15-16,19,21-25,27,29,34,37-38,42-44H,2-9,13-14,17-18,20,26,28,30-31H2,1H3/b27-25+,36-10-,41-29+. The summed E-state index contributed by atoms with van der Waals surface area (Å²) in [7, 11) is 0. The maximum Gasteiger partial charge on any atom is 0.123 e. The van der Waals surface area contributed by atoms with Gasteiger partial charge in [0.15, 0.2) is 0 Å². The average Bonchev–Trinajstić information content (AvgIpc) is 3.07. The molecule has 2 aliphatic rings. The zero-order valence-corrected chi connectivity index (χ0v) is 27.4. The minimum Gasteiger partial charge on any atom is -0.515 e. The van der Waals surface area contributed by atoms with Gasteiger partial charge in [0.1, 0.15) is 5.76 Å². The van der Waals surface area contributed by atoms with Crippen molar-refractivity contribution < 1.29 is 20.1 Å². The normalized spacial score (nSPS) is 20.4. The molecule has 3 rings (SSSR count). The predicted molar refractivity (Wildman–Crippen MR) is 188 cm³/mol. The second-order valence-corrected chi connectivity index (χ2v) is 12.5. The molecule has 45 heavy (non-hydrogen) atoms. The van der Waals surface area contributed by atoms with Crippen LogP contribution in [-0.4, -0.2) is 35.1 Å². The summed E-state index contributed by atoms with van der Waals surface area (Å²) < 4.78 is 5.81. The zero-order valence-electron chi connectivity index (χ0n) is 27.4. The van der Waals surface area contributed by atoms with Gasteiger partial charge in [0.2, 0.25) is 0 Å². The van der Waals surface area contributed by atoms with E-state index in [1.165, 1.54) is 68.6 Å². The van der Waals surface area contributed by atoms with Crippen molar-refractivity contribution in [3.8, 4) is 11.8 Å². The molecule has 0 heterocycles. The summed E-state index contributed by atoms with van der Waals surface area (Å²) in [6.07, 6.45) is 26.4. The van der Waals surface area contributed by atoms with E-state index >= 15 is 0 Å². The molecule has 1 atom stereocenters. The van der Waals surface area contributed by atoms with Crippen LogP contribution in [0.3, 0.4) is 0 Å². The number of rotatable bonds is 17. The van der Waals surface area contributed by atoms with Gasteiger partial charge in [-0.25, -0.2) is 0 Å². The molecule has 3 N–H and O–H groups in total. The number of ether oxygens (including phenoxy) is 1. The lowest BCUT2D eigenvalue weighted by Gasteiger charge is -2.29. The first kappa shape index (κ1) is 36.0. The van der Waals surface area contributed by atoms with Crippen molar-refractivity contribution in [1.29, 1.82) is 0 Å². The topological polar surface area (TPSA) is 69.9 Å². The Hall–Kier alpha value is -3.52. The number of allylic oxidation sites excluding steroid dienone is 8. The molecule has 2 aliphatic carbocycles. The van der Waals surface area contributed by atoms with Crippen LogP contribution in [0.2, 0.25) is 0 Å². The van der Waals surface area contributed by atoms with Crippen LogP contribution in [0.15, 0.2) is 108 Å². The van der Waals surface area contributed by atoms with Crippen LogP contribution < -0.4 is 0 Å². The van der Waals surface area contributed by atoms with Gasteiger partial charge in [0.25, 0.3) is 0 Å². The summed E-state index contributed by atoms with van der Waals surface area (Å²) >= 11 is 0. The van der Waals surface area contributed by atoms with E-state index in [4.69, 9.17) is 4.74 Å². The van der Waals surface area contributed by atoms with Crippen LogP contribution in [0.25, 0.3) is 0 Å². The van der Waals surface area contributed by atoms with Crippen molar-refractivity contribution in [2.24, 2.45) is 5.92 Å². The molecule has 4 heteroatoms. The third-order valence-corrected chi connectivity index (χ3v) is 8.92. The highest BCUT2D eigenvalue weighted by molar-refractivity contribution is 5.50. The third kappa shape index (κ3) is 13.2. The van der Waals surface area contributed by atoms with Crippen LogP contribution in [0.4, 0.5) is 0 Å². The fourth-order valence-corrected chi connectivity index (χ4v) is 6.00. The highest BCUT2D eigenvalue weighted by Crippen LogP contribution is 2.38. The number of unbranched alkanes of at least 4 members (excludes halogenated alkanes) is 2. The Balaban J connectivity index is 1.62. The lowest BCUT2D eigenvalue weighted by molar-refractivity contribution is 0.220. The number of benzene rings is 1. The molecule has 242 valence electrons. The van der Waals surface area contributed by atoms with Crippen molar-refractivity contribution in [2.75, 3.05) is 19.8 Å². The quantitative estimate of drug-likeness (QED) is 0.0540. The Bertz CT molecular complexity index is 1290. The van der Waals surface area contributed by atoms with Crippen molar-refractivity contribution in [3.63, 3.8) is 0 Å². The fourth-order valence-electron chi connectivity index (χ4n) is 6.00. The van der Waals surface area contributed by atoms with E-state index in [-0.39, 0.29) is 13.2 Å². The van der Waals surface area contributed by atoms with E-state index < -0.39 is 0 Å². The molecule has 0 bridgehead atoms. The summed E-state index contributed by atoms with van der Waals surface area (Å²) in [6.45, 7) is 10.2. The van der Waals surface area contributed by atoms with Gasteiger partial charge in [-0.05, 0) is 79.6 Å². The Kier molecular flexibility index (Phi) is 16.4. The molecule has 0 amide bonds. The molecule has 0 saturated heterocycles. The van der Waals surface area contributed by atoms with Crippen molar-refractivity contribution in [1.82, 2.24) is 0 Å². The van der Waals surface area contributed by atoms with Crippen molar-refractivity contribution in [2.45, 2.75) is 95.8 Å². The van der Waals surface area contributed by atoms with Gasteiger partial charge in [0, 0.05) is 29.6 Å². The van der Waals surface area contributed by atoms with Crippen LogP contribution >= 0.6 is 0 Å².